The molecule has 0 spiro atoms. The van der Waals surface area contributed by atoms with Gasteiger partial charge in [-0.05, 0) is 36.2 Å². The lowest BCUT2D eigenvalue weighted by Crippen LogP contribution is -2.42. The molecule has 0 saturated carbocycles. The molecular weight excluding hydrogens is 366 g/mol. The number of amides is 2. The number of carbonyl (C=O) groups is 2. The Bertz CT molecular complexity index is 923. The molecule has 1 atom stereocenters. The summed E-state index contributed by atoms with van der Waals surface area (Å²) in [6, 6.07) is 13.9. The standard InChI is InChI=1S/C23H27N3O3/c1-4-16-5-7-18(8-6-16)26-15-17(13-22(26)27)23(28)25-11-12-29-21-14-19(24(2)3)9-10-20(21)25/h5-10,14,17H,4,11-13,15H2,1-3H3/t17-/m1/s1. The van der Waals surface area contributed by atoms with E-state index < -0.39 is 0 Å². The number of fused-ring (bicyclic) bond motifs is 1. The van der Waals surface area contributed by atoms with Crippen LogP contribution in [0.15, 0.2) is 42.5 Å². The van der Waals surface area contributed by atoms with Crippen molar-refractivity contribution in [3.8, 4) is 5.75 Å². The third-order valence-electron chi connectivity index (χ3n) is 5.72. The first-order valence-corrected chi connectivity index (χ1v) is 10.1. The lowest BCUT2D eigenvalue weighted by atomic mass is 10.1. The number of aryl methyl sites for hydroxylation is 1. The van der Waals surface area contributed by atoms with Crippen molar-refractivity contribution in [2.45, 2.75) is 19.8 Å². The van der Waals surface area contributed by atoms with Gasteiger partial charge in [-0.15, -0.1) is 0 Å². The Hall–Kier alpha value is -3.02. The zero-order chi connectivity index (χ0) is 20.5. The predicted octanol–water partition coefficient (Wildman–Crippen LogP) is 3.09. The van der Waals surface area contributed by atoms with Crippen molar-refractivity contribution in [1.82, 2.24) is 0 Å². The summed E-state index contributed by atoms with van der Waals surface area (Å²) >= 11 is 0. The van der Waals surface area contributed by atoms with E-state index >= 15 is 0 Å². The second-order valence-corrected chi connectivity index (χ2v) is 7.81. The number of carbonyl (C=O) groups excluding carboxylic acids is 2. The van der Waals surface area contributed by atoms with Gasteiger partial charge in [-0.3, -0.25) is 9.59 Å². The van der Waals surface area contributed by atoms with Crippen molar-refractivity contribution in [2.75, 3.05) is 48.5 Å². The summed E-state index contributed by atoms with van der Waals surface area (Å²) in [7, 11) is 3.94. The molecule has 152 valence electrons. The quantitative estimate of drug-likeness (QED) is 0.801. The maximum Gasteiger partial charge on any atom is 0.232 e. The lowest BCUT2D eigenvalue weighted by Gasteiger charge is -2.32. The van der Waals surface area contributed by atoms with Crippen LogP contribution in [0, 0.1) is 5.92 Å². The van der Waals surface area contributed by atoms with Crippen molar-refractivity contribution in [1.29, 1.82) is 0 Å². The molecule has 4 rings (SSSR count). The molecule has 0 bridgehead atoms. The molecule has 2 aromatic rings. The van der Waals surface area contributed by atoms with Crippen molar-refractivity contribution in [3.05, 3.63) is 48.0 Å². The van der Waals surface area contributed by atoms with Crippen molar-refractivity contribution < 1.29 is 14.3 Å². The average Bonchev–Trinajstić information content (AvgIpc) is 3.14. The number of hydrogen-bond acceptors (Lipinski definition) is 4. The summed E-state index contributed by atoms with van der Waals surface area (Å²) < 4.78 is 5.79. The first-order chi connectivity index (χ1) is 14.0. The molecular formula is C23H27N3O3. The van der Waals surface area contributed by atoms with E-state index in [1.807, 2.05) is 61.5 Å². The number of ether oxygens (including phenoxy) is 1. The molecule has 2 heterocycles. The largest absolute Gasteiger partial charge is 0.489 e. The third-order valence-corrected chi connectivity index (χ3v) is 5.72. The average molecular weight is 393 g/mol. The molecule has 0 aromatic heterocycles. The highest BCUT2D eigenvalue weighted by atomic mass is 16.5. The van der Waals surface area contributed by atoms with E-state index in [2.05, 4.69) is 6.92 Å². The van der Waals surface area contributed by atoms with Gasteiger partial charge in [-0.1, -0.05) is 19.1 Å². The summed E-state index contributed by atoms with van der Waals surface area (Å²) in [6.45, 7) is 3.49. The fourth-order valence-corrected chi connectivity index (χ4v) is 3.97. The van der Waals surface area contributed by atoms with Gasteiger partial charge in [0.2, 0.25) is 11.8 Å². The van der Waals surface area contributed by atoms with Crippen LogP contribution >= 0.6 is 0 Å². The van der Waals surface area contributed by atoms with E-state index in [-0.39, 0.29) is 24.2 Å². The zero-order valence-electron chi connectivity index (χ0n) is 17.2. The van der Waals surface area contributed by atoms with Crippen LogP contribution in [0.25, 0.3) is 0 Å². The van der Waals surface area contributed by atoms with Crippen molar-refractivity contribution in [2.24, 2.45) is 5.92 Å². The summed E-state index contributed by atoms with van der Waals surface area (Å²) in [5.41, 5.74) is 3.90. The van der Waals surface area contributed by atoms with Crippen molar-refractivity contribution >= 4 is 28.9 Å². The molecule has 6 nitrogen and oxygen atoms in total. The number of hydrogen-bond donors (Lipinski definition) is 0. The van der Waals surface area contributed by atoms with Gasteiger partial charge in [-0.2, -0.15) is 0 Å². The van der Waals surface area contributed by atoms with Gasteiger partial charge in [0.25, 0.3) is 0 Å². The van der Waals surface area contributed by atoms with E-state index in [9.17, 15) is 9.59 Å². The molecule has 2 aromatic carbocycles. The van der Waals surface area contributed by atoms with E-state index in [0.29, 0.717) is 25.4 Å². The Morgan fingerprint density at radius 1 is 1.17 bits per heavy atom. The Morgan fingerprint density at radius 3 is 2.62 bits per heavy atom. The fourth-order valence-electron chi connectivity index (χ4n) is 3.97. The minimum Gasteiger partial charge on any atom is -0.489 e. The minimum absolute atomic E-state index is 0.00374. The molecule has 0 unspecified atom stereocenters. The predicted molar refractivity (Wildman–Crippen MR) is 115 cm³/mol. The summed E-state index contributed by atoms with van der Waals surface area (Å²) in [5.74, 6) is 0.372. The van der Waals surface area contributed by atoms with E-state index in [4.69, 9.17) is 4.74 Å². The van der Waals surface area contributed by atoms with Crippen LogP contribution in [-0.2, 0) is 16.0 Å². The lowest BCUT2D eigenvalue weighted by molar-refractivity contribution is -0.124. The normalized spacial score (nSPS) is 18.4. The minimum atomic E-state index is -0.340. The topological polar surface area (TPSA) is 53.1 Å². The number of rotatable bonds is 4. The van der Waals surface area contributed by atoms with Gasteiger partial charge in [-0.25, -0.2) is 0 Å². The van der Waals surface area contributed by atoms with Gasteiger partial charge < -0.3 is 19.4 Å². The van der Waals surface area contributed by atoms with Crippen molar-refractivity contribution in [3.63, 3.8) is 0 Å². The number of benzene rings is 2. The second kappa shape index (κ2) is 7.78. The molecule has 1 fully saturated rings. The van der Waals surface area contributed by atoms with Crippen LogP contribution in [-0.4, -0.2) is 45.6 Å². The molecule has 6 heteroatoms. The van der Waals surface area contributed by atoms with Crippen LogP contribution in [0.1, 0.15) is 18.9 Å². The van der Waals surface area contributed by atoms with Crippen LogP contribution in [0.3, 0.4) is 0 Å². The third kappa shape index (κ3) is 3.67. The van der Waals surface area contributed by atoms with E-state index in [1.54, 1.807) is 9.80 Å². The highest BCUT2D eigenvalue weighted by Crippen LogP contribution is 2.37. The first-order valence-electron chi connectivity index (χ1n) is 10.1. The summed E-state index contributed by atoms with van der Waals surface area (Å²) in [6.07, 6.45) is 1.21. The first kappa shape index (κ1) is 19.3. The second-order valence-electron chi connectivity index (χ2n) is 7.81. The van der Waals surface area contributed by atoms with E-state index in [0.717, 1.165) is 23.5 Å². The maximum atomic E-state index is 13.3. The van der Waals surface area contributed by atoms with Crippen LogP contribution in [0.4, 0.5) is 17.1 Å². The maximum absolute atomic E-state index is 13.3. The van der Waals surface area contributed by atoms with Gasteiger partial charge in [0.15, 0.2) is 0 Å². The monoisotopic (exact) mass is 393 g/mol. The number of anilines is 3. The van der Waals surface area contributed by atoms with Gasteiger partial charge in [0.05, 0.1) is 18.2 Å². The highest BCUT2D eigenvalue weighted by molar-refractivity contribution is 6.05. The highest BCUT2D eigenvalue weighted by Gasteiger charge is 2.38. The molecule has 2 amide bonds. The molecule has 1 saturated heterocycles. The Balaban J connectivity index is 1.53. The number of nitrogens with zero attached hydrogens (tertiary/aromatic N) is 3. The fraction of sp³-hybridized carbons (Fsp3) is 0.391. The Kier molecular flexibility index (Phi) is 5.18. The molecule has 0 N–H and O–H groups in total. The molecule has 29 heavy (non-hydrogen) atoms. The van der Waals surface area contributed by atoms with Gasteiger partial charge in [0, 0.05) is 44.5 Å². The Morgan fingerprint density at radius 2 is 1.93 bits per heavy atom. The van der Waals surface area contributed by atoms with Gasteiger partial charge in [0.1, 0.15) is 12.4 Å². The SMILES string of the molecule is CCc1ccc(N2C[C@H](C(=O)N3CCOc4cc(N(C)C)ccc43)CC2=O)cc1. The molecule has 2 aliphatic rings. The Labute approximate surface area is 171 Å². The molecule has 2 aliphatic heterocycles. The van der Waals surface area contributed by atoms with Gasteiger partial charge >= 0.3 is 0 Å². The molecule has 0 radical (unpaired) electrons. The summed E-state index contributed by atoms with van der Waals surface area (Å²) in [5, 5.41) is 0. The summed E-state index contributed by atoms with van der Waals surface area (Å²) in [4.78, 5) is 31.4. The smallest absolute Gasteiger partial charge is 0.232 e. The van der Waals surface area contributed by atoms with Crippen LogP contribution in [0.5, 0.6) is 5.75 Å². The molecule has 0 aliphatic carbocycles. The van der Waals surface area contributed by atoms with Crippen LogP contribution < -0.4 is 19.4 Å². The zero-order valence-corrected chi connectivity index (χ0v) is 17.2. The van der Waals surface area contributed by atoms with E-state index in [1.165, 1.54) is 5.56 Å². The van der Waals surface area contributed by atoms with Crippen LogP contribution in [0.2, 0.25) is 0 Å².